The molecule has 1 aromatic carbocycles. The van der Waals surface area contributed by atoms with E-state index >= 15 is 0 Å². The lowest BCUT2D eigenvalue weighted by Gasteiger charge is -2.37. The van der Waals surface area contributed by atoms with Gasteiger partial charge < -0.3 is 9.64 Å². The number of hydrazine groups is 1. The zero-order chi connectivity index (χ0) is 18.8. The molecule has 144 valence electrons. The number of anilines is 1. The molecule has 2 aliphatic heterocycles. The fourth-order valence-electron chi connectivity index (χ4n) is 4.65. The number of hydrogen-bond donors (Lipinski definition) is 2. The summed E-state index contributed by atoms with van der Waals surface area (Å²) in [5, 5.41) is 8.92. The Morgan fingerprint density at radius 3 is 2.74 bits per heavy atom. The van der Waals surface area contributed by atoms with Gasteiger partial charge in [-0.1, -0.05) is 0 Å². The Morgan fingerprint density at radius 2 is 2.04 bits per heavy atom. The molecular weight excluding hydrogens is 342 g/mol. The lowest BCUT2D eigenvalue weighted by molar-refractivity contribution is -0.121. The van der Waals surface area contributed by atoms with Crippen LogP contribution in [0.15, 0.2) is 24.3 Å². The van der Waals surface area contributed by atoms with Gasteiger partial charge in [-0.3, -0.25) is 20.5 Å². The van der Waals surface area contributed by atoms with Crippen LogP contribution in [-0.2, 0) is 9.53 Å². The van der Waals surface area contributed by atoms with Crippen molar-refractivity contribution in [3.05, 3.63) is 29.8 Å². The minimum Gasteiger partial charge on any atom is -0.381 e. The van der Waals surface area contributed by atoms with E-state index in [1.165, 1.54) is 0 Å². The van der Waals surface area contributed by atoms with Gasteiger partial charge in [0.2, 0.25) is 5.91 Å². The Bertz CT molecular complexity index is 716. The number of nitriles is 1. The highest BCUT2D eigenvalue weighted by atomic mass is 16.5. The first-order valence-corrected chi connectivity index (χ1v) is 9.74. The van der Waals surface area contributed by atoms with Gasteiger partial charge in [-0.25, -0.2) is 0 Å². The maximum Gasteiger partial charge on any atom is 0.241 e. The number of fused-ring (bicyclic) bond motifs is 1. The number of carbonyl (C=O) groups excluding carboxylic acids is 1. The SMILES string of the molecule is COC1CCC2NNC(CN3CCN(c4ccc(C#N)cc4)C(=O)C3)C2C1. The zero-order valence-corrected chi connectivity index (χ0v) is 15.7. The molecule has 1 amide bonds. The van der Waals surface area contributed by atoms with E-state index in [1.54, 1.807) is 19.2 Å². The first-order valence-electron chi connectivity index (χ1n) is 9.74. The first-order chi connectivity index (χ1) is 13.2. The van der Waals surface area contributed by atoms with E-state index in [1.807, 2.05) is 17.0 Å². The van der Waals surface area contributed by atoms with Gasteiger partial charge in [0.15, 0.2) is 0 Å². The number of nitrogens with zero attached hydrogens (tertiary/aromatic N) is 3. The van der Waals surface area contributed by atoms with Crippen molar-refractivity contribution in [2.75, 3.05) is 38.2 Å². The second kappa shape index (κ2) is 7.95. The van der Waals surface area contributed by atoms with Crippen LogP contribution < -0.4 is 15.8 Å². The fraction of sp³-hybridized carbons (Fsp3) is 0.600. The summed E-state index contributed by atoms with van der Waals surface area (Å²) in [5.74, 6) is 0.669. The Kier molecular flexibility index (Phi) is 5.41. The first kappa shape index (κ1) is 18.4. The molecule has 4 atom stereocenters. The molecule has 1 aromatic rings. The molecule has 2 heterocycles. The quantitative estimate of drug-likeness (QED) is 0.820. The molecule has 3 aliphatic rings. The van der Waals surface area contributed by atoms with E-state index < -0.39 is 0 Å². The normalized spacial score (nSPS) is 31.6. The molecule has 0 aromatic heterocycles. The monoisotopic (exact) mass is 369 g/mol. The Balaban J connectivity index is 1.34. The molecule has 1 saturated carbocycles. The van der Waals surface area contributed by atoms with Crippen LogP contribution in [0.5, 0.6) is 0 Å². The molecule has 7 nitrogen and oxygen atoms in total. The van der Waals surface area contributed by atoms with Crippen LogP contribution in [0.4, 0.5) is 5.69 Å². The third-order valence-electron chi connectivity index (χ3n) is 6.22. The van der Waals surface area contributed by atoms with Crippen LogP contribution >= 0.6 is 0 Å². The van der Waals surface area contributed by atoms with Crippen molar-refractivity contribution in [1.82, 2.24) is 15.8 Å². The van der Waals surface area contributed by atoms with Crippen molar-refractivity contribution in [2.24, 2.45) is 5.92 Å². The Labute approximate surface area is 160 Å². The highest BCUT2D eigenvalue weighted by molar-refractivity contribution is 5.95. The highest BCUT2D eigenvalue weighted by Gasteiger charge is 2.41. The van der Waals surface area contributed by atoms with Gasteiger partial charge in [-0.2, -0.15) is 5.26 Å². The summed E-state index contributed by atoms with van der Waals surface area (Å²) in [6.45, 7) is 2.84. The molecule has 0 radical (unpaired) electrons. The van der Waals surface area contributed by atoms with Crippen molar-refractivity contribution in [3.8, 4) is 6.07 Å². The number of hydrogen-bond acceptors (Lipinski definition) is 6. The third-order valence-corrected chi connectivity index (χ3v) is 6.22. The van der Waals surface area contributed by atoms with Crippen molar-refractivity contribution >= 4 is 11.6 Å². The van der Waals surface area contributed by atoms with E-state index in [-0.39, 0.29) is 5.91 Å². The lowest BCUT2D eigenvalue weighted by atomic mass is 9.80. The number of ether oxygens (including phenoxy) is 1. The minimum atomic E-state index is 0.117. The number of carbonyl (C=O) groups is 1. The van der Waals surface area contributed by atoms with Gasteiger partial charge >= 0.3 is 0 Å². The molecular formula is C20H27N5O2. The standard InChI is InChI=1S/C20H27N5O2/c1-27-16-6-7-18-17(10-16)19(23-22-18)12-24-8-9-25(20(26)13-24)15-4-2-14(11-21)3-5-15/h2-5,16-19,22-23H,6-10,12-13H2,1H3. The largest absolute Gasteiger partial charge is 0.381 e. The van der Waals surface area contributed by atoms with Gasteiger partial charge in [0.05, 0.1) is 24.3 Å². The molecule has 4 unspecified atom stereocenters. The molecule has 1 aliphatic carbocycles. The molecule has 2 saturated heterocycles. The third kappa shape index (κ3) is 3.85. The second-order valence-corrected chi connectivity index (χ2v) is 7.78. The van der Waals surface area contributed by atoms with Gasteiger partial charge in [0.1, 0.15) is 0 Å². The molecule has 4 rings (SSSR count). The van der Waals surface area contributed by atoms with Crippen LogP contribution in [0.1, 0.15) is 24.8 Å². The van der Waals surface area contributed by atoms with E-state index in [0.717, 1.165) is 38.0 Å². The maximum atomic E-state index is 12.7. The molecule has 3 fully saturated rings. The van der Waals surface area contributed by atoms with Crippen LogP contribution in [-0.4, -0.2) is 62.3 Å². The molecule has 27 heavy (non-hydrogen) atoms. The van der Waals surface area contributed by atoms with E-state index in [0.29, 0.717) is 42.8 Å². The summed E-state index contributed by atoms with van der Waals surface area (Å²) in [4.78, 5) is 16.8. The van der Waals surface area contributed by atoms with E-state index in [4.69, 9.17) is 10.00 Å². The van der Waals surface area contributed by atoms with Crippen molar-refractivity contribution in [3.63, 3.8) is 0 Å². The van der Waals surface area contributed by atoms with Crippen LogP contribution in [0.3, 0.4) is 0 Å². The van der Waals surface area contributed by atoms with Crippen LogP contribution in [0, 0.1) is 17.2 Å². The number of amides is 1. The smallest absolute Gasteiger partial charge is 0.241 e. The van der Waals surface area contributed by atoms with Gasteiger partial charge in [0.25, 0.3) is 0 Å². The number of piperazine rings is 1. The fourth-order valence-corrected chi connectivity index (χ4v) is 4.65. The summed E-state index contributed by atoms with van der Waals surface area (Å²) in [7, 11) is 1.80. The molecule has 2 N–H and O–H groups in total. The van der Waals surface area contributed by atoms with Gasteiger partial charge in [-0.05, 0) is 49.4 Å². The van der Waals surface area contributed by atoms with E-state index in [2.05, 4.69) is 21.8 Å². The number of nitrogens with one attached hydrogen (secondary N) is 2. The molecule has 0 bridgehead atoms. The second-order valence-electron chi connectivity index (χ2n) is 7.78. The van der Waals surface area contributed by atoms with Crippen molar-refractivity contribution in [2.45, 2.75) is 37.5 Å². The average Bonchev–Trinajstić information content (AvgIpc) is 3.10. The van der Waals surface area contributed by atoms with Gasteiger partial charge in [0, 0.05) is 44.5 Å². The topological polar surface area (TPSA) is 80.6 Å². The van der Waals surface area contributed by atoms with Crippen molar-refractivity contribution in [1.29, 1.82) is 5.26 Å². The van der Waals surface area contributed by atoms with Crippen LogP contribution in [0.2, 0.25) is 0 Å². The summed E-state index contributed by atoms with van der Waals surface area (Å²) < 4.78 is 5.58. The highest BCUT2D eigenvalue weighted by Crippen LogP contribution is 2.32. The Hall–Kier alpha value is -1.98. The molecule has 0 spiro atoms. The molecule has 7 heteroatoms. The summed E-state index contributed by atoms with van der Waals surface area (Å²) in [5.41, 5.74) is 8.39. The van der Waals surface area contributed by atoms with Crippen LogP contribution in [0.25, 0.3) is 0 Å². The maximum absolute atomic E-state index is 12.7. The summed E-state index contributed by atoms with van der Waals surface area (Å²) in [6, 6.07) is 10.2. The number of methoxy groups -OCH3 is 1. The average molecular weight is 369 g/mol. The summed E-state index contributed by atoms with van der Waals surface area (Å²) in [6.07, 6.45) is 3.68. The Morgan fingerprint density at radius 1 is 1.22 bits per heavy atom. The number of rotatable bonds is 4. The minimum absolute atomic E-state index is 0.117. The lowest BCUT2D eigenvalue weighted by Crippen LogP contribution is -2.54. The predicted molar refractivity (Wildman–Crippen MR) is 102 cm³/mol. The van der Waals surface area contributed by atoms with Crippen molar-refractivity contribution < 1.29 is 9.53 Å². The number of benzene rings is 1. The predicted octanol–water partition coefficient (Wildman–Crippen LogP) is 0.867. The van der Waals surface area contributed by atoms with E-state index in [9.17, 15) is 4.79 Å². The zero-order valence-electron chi connectivity index (χ0n) is 15.7. The summed E-state index contributed by atoms with van der Waals surface area (Å²) >= 11 is 0. The van der Waals surface area contributed by atoms with Gasteiger partial charge in [-0.15, -0.1) is 0 Å².